The van der Waals surface area contributed by atoms with Crippen LogP contribution in [-0.4, -0.2) is 41.2 Å². The number of ether oxygens (including phenoxy) is 1. The van der Waals surface area contributed by atoms with E-state index in [9.17, 15) is 19.3 Å². The Hall–Kier alpha value is -3.57. The summed E-state index contributed by atoms with van der Waals surface area (Å²) in [5, 5.41) is 20.8. The van der Waals surface area contributed by atoms with Crippen molar-refractivity contribution in [3.8, 4) is 11.1 Å². The van der Waals surface area contributed by atoms with E-state index in [-0.39, 0.29) is 19.1 Å². The Kier molecular flexibility index (Phi) is 8.90. The summed E-state index contributed by atoms with van der Waals surface area (Å²) in [5.74, 6) is -1.75. The maximum atomic E-state index is 12.6. The van der Waals surface area contributed by atoms with Crippen molar-refractivity contribution in [1.82, 2.24) is 5.32 Å². The van der Waals surface area contributed by atoms with Crippen LogP contribution in [0.4, 0.5) is 4.79 Å². The molecule has 200 valence electrons. The lowest BCUT2D eigenvalue weighted by atomic mass is 9.98. The van der Waals surface area contributed by atoms with Crippen LogP contribution in [0.2, 0.25) is 0 Å². The lowest BCUT2D eigenvalue weighted by molar-refractivity contribution is -0.270. The quantitative estimate of drug-likeness (QED) is 0.159. The minimum atomic E-state index is -4.76. The summed E-state index contributed by atoms with van der Waals surface area (Å²) in [5.41, 5.74) is 4.71. The van der Waals surface area contributed by atoms with Gasteiger partial charge in [-0.1, -0.05) is 78.9 Å². The number of hydrogen-bond acceptors (Lipinski definition) is 9. The molecule has 3 N–H and O–H groups in total. The van der Waals surface area contributed by atoms with Gasteiger partial charge < -0.3 is 15.2 Å². The average molecular weight is 543 g/mol. The van der Waals surface area contributed by atoms with Gasteiger partial charge in [0.25, 0.3) is 0 Å². The molecule has 3 aromatic carbocycles. The lowest BCUT2D eigenvalue weighted by Crippen LogP contribution is -2.48. The minimum Gasteiger partial charge on any atom is -0.480 e. The van der Waals surface area contributed by atoms with Gasteiger partial charge in [0.05, 0.1) is 6.10 Å². The molecule has 1 unspecified atom stereocenters. The standard InChI is InChI=1S/C26H26NO10P/c1-17(35-38(32,36-31)37-34-15-18-9-3-2-4-10-18)24(25(28)29)27-26(30)33-16-23-21-13-7-5-11-19(21)20-12-6-8-14-22(20)23/h2-14,17,23-24,31H,15-16H2,1H3,(H,27,30)(H,28,29)/t17-,24+,38?/m1/s1. The van der Waals surface area contributed by atoms with Gasteiger partial charge in [-0.3, -0.25) is 4.52 Å². The number of alkyl carbamates (subject to hydrolysis) is 1. The number of fused-ring (bicyclic) bond motifs is 3. The molecule has 0 radical (unpaired) electrons. The van der Waals surface area contributed by atoms with Crippen LogP contribution < -0.4 is 5.32 Å². The summed E-state index contributed by atoms with van der Waals surface area (Å²) >= 11 is 0. The van der Waals surface area contributed by atoms with Crippen LogP contribution in [0.15, 0.2) is 78.9 Å². The highest BCUT2D eigenvalue weighted by molar-refractivity contribution is 7.48. The number of carboxylic acids is 1. The van der Waals surface area contributed by atoms with Gasteiger partial charge in [0.15, 0.2) is 6.04 Å². The van der Waals surface area contributed by atoms with Gasteiger partial charge in [-0.15, -0.1) is 9.35 Å². The molecule has 0 heterocycles. The van der Waals surface area contributed by atoms with E-state index in [4.69, 9.17) is 19.4 Å². The Morgan fingerprint density at radius 3 is 2.11 bits per heavy atom. The Labute approximate surface area is 218 Å². The van der Waals surface area contributed by atoms with Crippen LogP contribution >= 0.6 is 7.82 Å². The van der Waals surface area contributed by atoms with Crippen molar-refractivity contribution in [1.29, 1.82) is 0 Å². The first kappa shape index (κ1) is 27.5. The second-order valence-electron chi connectivity index (χ2n) is 8.45. The molecule has 0 aromatic heterocycles. The first-order valence-electron chi connectivity index (χ1n) is 11.6. The summed E-state index contributed by atoms with van der Waals surface area (Å²) in [6.45, 7) is 0.983. The van der Waals surface area contributed by atoms with E-state index in [1.54, 1.807) is 30.3 Å². The monoisotopic (exact) mass is 543 g/mol. The predicted octanol–water partition coefficient (Wildman–Crippen LogP) is 5.13. The Bertz CT molecular complexity index is 1270. The van der Waals surface area contributed by atoms with Crippen molar-refractivity contribution in [2.75, 3.05) is 6.61 Å². The van der Waals surface area contributed by atoms with Crippen molar-refractivity contribution in [3.05, 3.63) is 95.6 Å². The SMILES string of the molecule is C[C@@H](OP(=O)(OO)OOCc1ccccc1)[C@H](NC(=O)OCC1c2ccccc2-c2ccccc21)C(=O)O. The van der Waals surface area contributed by atoms with Crippen LogP contribution in [-0.2, 0) is 39.5 Å². The lowest BCUT2D eigenvalue weighted by Gasteiger charge is -2.24. The minimum absolute atomic E-state index is 0.0455. The number of carbonyl (C=O) groups excluding carboxylic acids is 1. The van der Waals surface area contributed by atoms with Crippen LogP contribution in [0.1, 0.15) is 29.5 Å². The maximum absolute atomic E-state index is 12.6. The molecular formula is C26H26NO10P. The highest BCUT2D eigenvalue weighted by Gasteiger charge is 2.38. The predicted molar refractivity (Wildman–Crippen MR) is 134 cm³/mol. The number of rotatable bonds is 12. The molecule has 3 atom stereocenters. The van der Waals surface area contributed by atoms with E-state index in [1.165, 1.54) is 6.92 Å². The zero-order chi connectivity index (χ0) is 27.1. The number of carbonyl (C=O) groups is 2. The van der Waals surface area contributed by atoms with Crippen LogP contribution in [0.25, 0.3) is 11.1 Å². The van der Waals surface area contributed by atoms with Gasteiger partial charge in [0.1, 0.15) is 13.2 Å². The Balaban J connectivity index is 1.34. The normalized spacial score (nSPS) is 15.5. The Morgan fingerprint density at radius 2 is 1.53 bits per heavy atom. The molecule has 1 aliphatic carbocycles. The van der Waals surface area contributed by atoms with Gasteiger partial charge in [-0.05, 0) is 34.7 Å². The molecule has 1 amide bonds. The fourth-order valence-corrected chi connectivity index (χ4v) is 5.01. The topological polar surface area (TPSA) is 150 Å². The van der Waals surface area contributed by atoms with Crippen molar-refractivity contribution >= 4 is 19.9 Å². The number of carboxylic acid groups (broad SMARTS) is 1. The molecule has 38 heavy (non-hydrogen) atoms. The number of benzene rings is 3. The first-order chi connectivity index (χ1) is 18.3. The fraction of sp³-hybridized carbons (Fsp3) is 0.231. The highest BCUT2D eigenvalue weighted by Crippen LogP contribution is 2.50. The number of aliphatic carboxylic acids is 1. The summed E-state index contributed by atoms with van der Waals surface area (Å²) < 4.78 is 31.3. The molecule has 3 aromatic rings. The van der Waals surface area contributed by atoms with Crippen molar-refractivity contribution in [3.63, 3.8) is 0 Å². The van der Waals surface area contributed by atoms with Gasteiger partial charge in [-0.2, -0.15) is 0 Å². The van der Waals surface area contributed by atoms with E-state index >= 15 is 0 Å². The molecule has 1 aliphatic rings. The molecule has 0 saturated heterocycles. The molecule has 0 fully saturated rings. The van der Waals surface area contributed by atoms with Gasteiger partial charge in [0.2, 0.25) is 0 Å². The fourth-order valence-electron chi connectivity index (χ4n) is 4.20. The highest BCUT2D eigenvalue weighted by atomic mass is 31.2. The van der Waals surface area contributed by atoms with Crippen molar-refractivity contribution in [2.45, 2.75) is 31.6 Å². The van der Waals surface area contributed by atoms with Crippen LogP contribution in [0, 0.1) is 0 Å². The number of nitrogens with one attached hydrogen (secondary N) is 1. The molecule has 0 spiro atoms. The summed E-state index contributed by atoms with van der Waals surface area (Å²) in [7, 11) is -4.76. The molecule has 12 heteroatoms. The molecular weight excluding hydrogens is 517 g/mol. The molecule has 4 rings (SSSR count). The van der Waals surface area contributed by atoms with Gasteiger partial charge in [-0.25, -0.2) is 24.3 Å². The summed E-state index contributed by atoms with van der Waals surface area (Å²) in [6.07, 6.45) is -2.53. The van der Waals surface area contributed by atoms with Gasteiger partial charge in [0, 0.05) is 5.92 Å². The third-order valence-electron chi connectivity index (χ3n) is 5.96. The maximum Gasteiger partial charge on any atom is 0.529 e. The van der Waals surface area contributed by atoms with E-state index < -0.39 is 32.0 Å². The summed E-state index contributed by atoms with van der Waals surface area (Å²) in [6, 6.07) is 22.5. The summed E-state index contributed by atoms with van der Waals surface area (Å²) in [4.78, 5) is 29.2. The third-order valence-corrected chi connectivity index (χ3v) is 7.04. The van der Waals surface area contributed by atoms with Crippen LogP contribution in [0.5, 0.6) is 0 Å². The van der Waals surface area contributed by atoms with Gasteiger partial charge >= 0.3 is 19.9 Å². The zero-order valence-electron chi connectivity index (χ0n) is 20.3. The number of amides is 1. The van der Waals surface area contributed by atoms with E-state index in [0.29, 0.717) is 5.56 Å². The first-order valence-corrected chi connectivity index (χ1v) is 13.1. The largest absolute Gasteiger partial charge is 0.529 e. The molecule has 0 bridgehead atoms. The van der Waals surface area contributed by atoms with E-state index in [1.807, 2.05) is 48.5 Å². The molecule has 0 saturated carbocycles. The number of phosphoric acid groups is 1. The van der Waals surface area contributed by atoms with E-state index in [2.05, 4.69) is 14.7 Å². The Morgan fingerprint density at radius 1 is 0.947 bits per heavy atom. The zero-order valence-corrected chi connectivity index (χ0v) is 21.2. The third kappa shape index (κ3) is 6.46. The number of hydrogen-bond donors (Lipinski definition) is 3. The second-order valence-corrected chi connectivity index (χ2v) is 9.87. The van der Waals surface area contributed by atoms with Crippen molar-refractivity contribution < 1.29 is 48.0 Å². The molecule has 0 aliphatic heterocycles. The smallest absolute Gasteiger partial charge is 0.480 e. The second kappa shape index (κ2) is 12.3. The van der Waals surface area contributed by atoms with Crippen molar-refractivity contribution in [2.24, 2.45) is 0 Å². The van der Waals surface area contributed by atoms with E-state index in [0.717, 1.165) is 22.3 Å². The average Bonchev–Trinajstić information content (AvgIpc) is 3.24. The van der Waals surface area contributed by atoms with Crippen LogP contribution in [0.3, 0.4) is 0 Å². The molecule has 11 nitrogen and oxygen atoms in total.